The molecule has 0 spiro atoms. The first-order valence-electron chi connectivity index (χ1n) is 8.16. The molecule has 1 heterocycles. The zero-order valence-electron chi connectivity index (χ0n) is 14.4. The third-order valence-corrected chi connectivity index (χ3v) is 4.90. The average Bonchev–Trinajstić information content (AvgIpc) is 2.55. The van der Waals surface area contributed by atoms with E-state index in [9.17, 15) is 10.1 Å². The van der Waals surface area contributed by atoms with E-state index in [-0.39, 0.29) is 24.5 Å². The summed E-state index contributed by atoms with van der Waals surface area (Å²) in [6, 6.07) is 9.79. The van der Waals surface area contributed by atoms with Crippen molar-refractivity contribution in [3.63, 3.8) is 0 Å². The fourth-order valence-corrected chi connectivity index (χ4v) is 2.86. The van der Waals surface area contributed by atoms with Crippen LogP contribution in [0.4, 0.5) is 0 Å². The fraction of sp³-hybridized carbons (Fsp3) is 0.556. The number of nitrogens with one attached hydrogen (secondary N) is 1. The van der Waals surface area contributed by atoms with E-state index in [2.05, 4.69) is 11.4 Å². The molecule has 1 aromatic rings. The summed E-state index contributed by atoms with van der Waals surface area (Å²) < 4.78 is 5.81. The molecule has 0 saturated carbocycles. The summed E-state index contributed by atoms with van der Waals surface area (Å²) in [5.41, 5.74) is 0.0826. The Morgan fingerprint density at radius 1 is 1.54 bits per heavy atom. The van der Waals surface area contributed by atoms with Crippen LogP contribution in [0.3, 0.4) is 0 Å². The minimum Gasteiger partial charge on any atom is -0.371 e. The van der Waals surface area contributed by atoms with Crippen LogP contribution in [0.25, 0.3) is 0 Å². The number of benzene rings is 1. The molecule has 1 aliphatic heterocycles. The van der Waals surface area contributed by atoms with Gasteiger partial charge < -0.3 is 10.1 Å². The van der Waals surface area contributed by atoms with Crippen LogP contribution >= 0.6 is 11.6 Å². The Bertz CT molecular complexity index is 629. The highest BCUT2D eigenvalue weighted by atomic mass is 35.5. The van der Waals surface area contributed by atoms with Gasteiger partial charge in [0.2, 0.25) is 5.91 Å². The molecular weight excluding hydrogens is 326 g/mol. The molecule has 0 aromatic heterocycles. The average molecular weight is 350 g/mol. The fourth-order valence-electron chi connectivity index (χ4n) is 2.60. The highest BCUT2D eigenvalue weighted by molar-refractivity contribution is 6.31. The molecule has 2 rings (SSSR count). The molecule has 2 atom stereocenters. The number of morpholine rings is 1. The van der Waals surface area contributed by atoms with Gasteiger partial charge in [-0.05, 0) is 18.9 Å². The number of carbonyl (C=O) groups is 1. The van der Waals surface area contributed by atoms with E-state index in [1.54, 1.807) is 6.92 Å². The number of nitrogens with zero attached hydrogens (tertiary/aromatic N) is 2. The molecule has 130 valence electrons. The van der Waals surface area contributed by atoms with Crippen LogP contribution in [0.15, 0.2) is 24.3 Å². The van der Waals surface area contributed by atoms with Crippen molar-refractivity contribution >= 4 is 17.5 Å². The molecule has 1 N–H and O–H groups in total. The predicted octanol–water partition coefficient (Wildman–Crippen LogP) is 2.77. The van der Waals surface area contributed by atoms with Crippen LogP contribution in [0.5, 0.6) is 0 Å². The molecule has 5 nitrogen and oxygen atoms in total. The minimum atomic E-state index is -0.856. The Balaban J connectivity index is 1.97. The largest absolute Gasteiger partial charge is 0.371 e. The van der Waals surface area contributed by atoms with Gasteiger partial charge in [-0.1, -0.05) is 43.6 Å². The Morgan fingerprint density at radius 2 is 2.25 bits per heavy atom. The first kappa shape index (κ1) is 18.7. The van der Waals surface area contributed by atoms with Gasteiger partial charge in [-0.2, -0.15) is 5.26 Å². The minimum absolute atomic E-state index is 0.0343. The second kappa shape index (κ2) is 7.98. The van der Waals surface area contributed by atoms with Gasteiger partial charge in [-0.3, -0.25) is 9.69 Å². The second-order valence-electron chi connectivity index (χ2n) is 6.63. The van der Waals surface area contributed by atoms with Crippen LogP contribution in [-0.4, -0.2) is 42.6 Å². The van der Waals surface area contributed by atoms with Crippen LogP contribution in [0.1, 0.15) is 32.4 Å². The third-order valence-electron chi connectivity index (χ3n) is 4.56. The number of halogens is 1. The number of nitriles is 1. The first-order chi connectivity index (χ1) is 11.4. The number of hydrogen-bond donors (Lipinski definition) is 1. The van der Waals surface area contributed by atoms with E-state index in [4.69, 9.17) is 16.3 Å². The molecule has 0 bridgehead atoms. The van der Waals surface area contributed by atoms with Gasteiger partial charge in [0, 0.05) is 23.7 Å². The van der Waals surface area contributed by atoms with Crippen molar-refractivity contribution in [3.05, 3.63) is 34.9 Å². The Hall–Kier alpha value is -1.61. The van der Waals surface area contributed by atoms with Crippen molar-refractivity contribution in [2.75, 3.05) is 26.2 Å². The van der Waals surface area contributed by atoms with Gasteiger partial charge in [-0.15, -0.1) is 0 Å². The van der Waals surface area contributed by atoms with Crippen molar-refractivity contribution in [1.29, 1.82) is 5.26 Å². The number of carbonyl (C=O) groups excluding carboxylic acids is 1. The normalized spacial score (nSPS) is 21.1. The van der Waals surface area contributed by atoms with Gasteiger partial charge >= 0.3 is 0 Å². The van der Waals surface area contributed by atoms with Crippen molar-refractivity contribution in [2.45, 2.75) is 32.4 Å². The number of hydrogen-bond acceptors (Lipinski definition) is 4. The quantitative estimate of drug-likeness (QED) is 0.887. The molecule has 1 amide bonds. The van der Waals surface area contributed by atoms with Gasteiger partial charge in [0.15, 0.2) is 0 Å². The maximum absolute atomic E-state index is 12.3. The molecule has 1 aliphatic rings. The summed E-state index contributed by atoms with van der Waals surface area (Å²) in [7, 11) is 0. The molecule has 24 heavy (non-hydrogen) atoms. The summed E-state index contributed by atoms with van der Waals surface area (Å²) in [4.78, 5) is 14.4. The molecular formula is C18H24ClN3O2. The highest BCUT2D eigenvalue weighted by Crippen LogP contribution is 2.28. The van der Waals surface area contributed by atoms with E-state index in [1.807, 2.05) is 43.0 Å². The number of rotatable bonds is 5. The smallest absolute Gasteiger partial charge is 0.235 e. The monoisotopic (exact) mass is 349 g/mol. The zero-order chi connectivity index (χ0) is 17.7. The summed E-state index contributed by atoms with van der Waals surface area (Å²) in [5.74, 6) is -0.112. The lowest BCUT2D eigenvalue weighted by Crippen LogP contribution is -2.53. The van der Waals surface area contributed by atoms with Gasteiger partial charge in [0.25, 0.3) is 0 Å². The molecule has 0 radical (unpaired) electrons. The van der Waals surface area contributed by atoms with Crippen molar-refractivity contribution in [1.82, 2.24) is 10.2 Å². The molecule has 6 heteroatoms. The predicted molar refractivity (Wildman–Crippen MR) is 93.6 cm³/mol. The van der Waals surface area contributed by atoms with Crippen LogP contribution in [0.2, 0.25) is 5.02 Å². The van der Waals surface area contributed by atoms with E-state index in [1.165, 1.54) is 0 Å². The van der Waals surface area contributed by atoms with Gasteiger partial charge in [0.1, 0.15) is 5.54 Å². The maximum Gasteiger partial charge on any atom is 0.235 e. The summed E-state index contributed by atoms with van der Waals surface area (Å²) in [6.45, 7) is 7.66. The maximum atomic E-state index is 12.3. The van der Waals surface area contributed by atoms with Crippen molar-refractivity contribution in [2.24, 2.45) is 5.92 Å². The van der Waals surface area contributed by atoms with Crippen LogP contribution in [0, 0.1) is 17.2 Å². The second-order valence-corrected chi connectivity index (χ2v) is 7.04. The lowest BCUT2D eigenvalue weighted by Gasteiger charge is -2.34. The van der Waals surface area contributed by atoms with Gasteiger partial charge in [0.05, 0.1) is 25.3 Å². The van der Waals surface area contributed by atoms with Crippen LogP contribution in [-0.2, 0) is 9.53 Å². The molecule has 0 aliphatic carbocycles. The SMILES string of the molecule is CC(C)[C@](C)(C#N)NC(=O)CN1CCO[C@H](c2ccccc2Cl)C1. The Morgan fingerprint density at radius 3 is 2.88 bits per heavy atom. The topological polar surface area (TPSA) is 65.4 Å². The lowest BCUT2D eigenvalue weighted by atomic mass is 9.90. The zero-order valence-corrected chi connectivity index (χ0v) is 15.1. The van der Waals surface area contributed by atoms with E-state index in [0.717, 1.165) is 5.56 Å². The van der Waals surface area contributed by atoms with E-state index < -0.39 is 5.54 Å². The van der Waals surface area contributed by atoms with Gasteiger partial charge in [-0.25, -0.2) is 0 Å². The van der Waals surface area contributed by atoms with Crippen LogP contribution < -0.4 is 5.32 Å². The summed E-state index contributed by atoms with van der Waals surface area (Å²) >= 11 is 6.24. The van der Waals surface area contributed by atoms with Crippen molar-refractivity contribution < 1.29 is 9.53 Å². The Kier molecular flexibility index (Phi) is 6.22. The molecule has 0 unspecified atom stereocenters. The van der Waals surface area contributed by atoms with Crippen molar-refractivity contribution in [3.8, 4) is 6.07 Å². The molecule has 1 fully saturated rings. The highest BCUT2D eigenvalue weighted by Gasteiger charge is 2.31. The third kappa shape index (κ3) is 4.47. The summed E-state index contributed by atoms with van der Waals surface area (Å²) in [6.07, 6.45) is -0.146. The first-order valence-corrected chi connectivity index (χ1v) is 8.54. The standard InChI is InChI=1S/C18H24ClN3O2/c1-13(2)18(3,12-20)21-17(23)11-22-8-9-24-16(10-22)14-6-4-5-7-15(14)19/h4-7,13,16H,8-11H2,1-3H3,(H,21,23)/t16-,18-/m0/s1. The lowest BCUT2D eigenvalue weighted by molar-refractivity contribution is -0.126. The number of ether oxygens (including phenoxy) is 1. The molecule has 1 aromatic carbocycles. The summed E-state index contributed by atoms with van der Waals surface area (Å²) in [5, 5.41) is 12.8. The Labute approximate surface area is 148 Å². The van der Waals surface area contributed by atoms with E-state index in [0.29, 0.717) is 24.7 Å². The number of amides is 1. The molecule has 1 saturated heterocycles. The van der Waals surface area contributed by atoms with E-state index >= 15 is 0 Å².